The van der Waals surface area contributed by atoms with E-state index in [2.05, 4.69) is 63.6 Å². The fraction of sp³-hybridized carbons (Fsp3) is 0.355. The van der Waals surface area contributed by atoms with Gasteiger partial charge in [0, 0.05) is 40.6 Å². The summed E-state index contributed by atoms with van der Waals surface area (Å²) in [6.45, 7) is 3.67. The number of ether oxygens (including phenoxy) is 1. The monoisotopic (exact) mass is 558 g/mol. The lowest BCUT2D eigenvalue weighted by atomic mass is 9.91. The molecule has 1 amide bonds. The number of nitrogens with zero attached hydrogens (tertiary/aromatic N) is 2. The highest BCUT2D eigenvalue weighted by atomic mass is 35.5. The number of carbonyl (C=O) groups excluding carboxylic acids is 1. The molecule has 9 heteroatoms. The first-order valence-electron chi connectivity index (χ1n) is 13.9. The quantitative estimate of drug-likeness (QED) is 0.345. The van der Waals surface area contributed by atoms with Gasteiger partial charge in [-0.25, -0.2) is 10.9 Å². The molecule has 208 valence electrons. The number of para-hydroxylation sites is 1. The van der Waals surface area contributed by atoms with Crippen LogP contribution in [0.5, 0.6) is 5.75 Å². The van der Waals surface area contributed by atoms with Crippen molar-refractivity contribution in [2.75, 3.05) is 30.4 Å². The summed E-state index contributed by atoms with van der Waals surface area (Å²) in [5, 5.41) is 7.36. The Morgan fingerprint density at radius 3 is 2.77 bits per heavy atom. The van der Waals surface area contributed by atoms with Crippen LogP contribution in [0.15, 0.2) is 71.7 Å². The van der Waals surface area contributed by atoms with E-state index in [1.54, 1.807) is 7.11 Å². The van der Waals surface area contributed by atoms with Gasteiger partial charge in [0.15, 0.2) is 0 Å². The maximum absolute atomic E-state index is 13.3. The van der Waals surface area contributed by atoms with Gasteiger partial charge in [0.05, 0.1) is 31.4 Å². The summed E-state index contributed by atoms with van der Waals surface area (Å²) >= 11 is 6.21. The van der Waals surface area contributed by atoms with Crippen molar-refractivity contribution < 1.29 is 9.53 Å². The Balaban J connectivity index is 1.22. The lowest BCUT2D eigenvalue weighted by Crippen LogP contribution is -2.47. The first kappa shape index (κ1) is 26.6. The molecule has 0 bridgehead atoms. The normalized spacial score (nSPS) is 23.2. The third-order valence-corrected chi connectivity index (χ3v) is 8.30. The van der Waals surface area contributed by atoms with Gasteiger partial charge in [-0.15, -0.1) is 0 Å². The molecule has 8 nitrogen and oxygen atoms in total. The van der Waals surface area contributed by atoms with Crippen LogP contribution in [-0.4, -0.2) is 50.2 Å². The molecule has 1 saturated heterocycles. The molecule has 4 atom stereocenters. The van der Waals surface area contributed by atoms with E-state index in [0.717, 1.165) is 47.7 Å². The van der Waals surface area contributed by atoms with E-state index in [9.17, 15) is 4.79 Å². The Bertz CT molecular complexity index is 1410. The van der Waals surface area contributed by atoms with Gasteiger partial charge in [-0.05, 0) is 67.6 Å². The fourth-order valence-electron chi connectivity index (χ4n) is 5.97. The molecule has 0 spiro atoms. The number of methoxy groups -OCH3 is 1. The van der Waals surface area contributed by atoms with E-state index in [0.29, 0.717) is 17.5 Å². The first-order chi connectivity index (χ1) is 19.5. The van der Waals surface area contributed by atoms with E-state index < -0.39 is 0 Å². The van der Waals surface area contributed by atoms with Crippen LogP contribution < -0.4 is 31.1 Å². The first-order valence-corrected chi connectivity index (χ1v) is 14.3. The molecule has 0 saturated carbocycles. The number of halogens is 1. The van der Waals surface area contributed by atoms with Crippen LogP contribution in [-0.2, 0) is 11.2 Å². The van der Waals surface area contributed by atoms with Crippen molar-refractivity contribution in [3.8, 4) is 5.75 Å². The number of anilines is 2. The van der Waals surface area contributed by atoms with Gasteiger partial charge in [0.2, 0.25) is 5.91 Å². The third kappa shape index (κ3) is 5.39. The Hall–Kier alpha value is -3.59. The van der Waals surface area contributed by atoms with E-state index in [1.165, 1.54) is 11.3 Å². The molecule has 4 unspecified atom stereocenters. The molecule has 3 aromatic rings. The van der Waals surface area contributed by atoms with Crippen molar-refractivity contribution in [3.05, 3.63) is 88.4 Å². The summed E-state index contributed by atoms with van der Waals surface area (Å²) in [6, 6.07) is 21.9. The van der Waals surface area contributed by atoms with E-state index in [1.807, 2.05) is 36.4 Å². The summed E-state index contributed by atoms with van der Waals surface area (Å²) in [5.74, 6) is 1.24. The second kappa shape index (κ2) is 11.5. The Kier molecular flexibility index (Phi) is 7.65. The second-order valence-corrected chi connectivity index (χ2v) is 11.1. The molecule has 0 radical (unpaired) electrons. The molecule has 0 aliphatic carbocycles. The lowest BCUT2D eigenvalue weighted by Gasteiger charge is -2.31. The molecule has 1 fully saturated rings. The summed E-state index contributed by atoms with van der Waals surface area (Å²) in [6.07, 6.45) is 2.02. The van der Waals surface area contributed by atoms with Crippen molar-refractivity contribution in [2.45, 2.75) is 44.6 Å². The summed E-state index contributed by atoms with van der Waals surface area (Å²) in [7, 11) is 1.66. The summed E-state index contributed by atoms with van der Waals surface area (Å²) in [4.78, 5) is 20.8. The molecule has 6 rings (SSSR count). The van der Waals surface area contributed by atoms with E-state index in [4.69, 9.17) is 21.3 Å². The molecule has 3 aromatic carbocycles. The van der Waals surface area contributed by atoms with Crippen molar-refractivity contribution in [1.82, 2.24) is 16.2 Å². The molecular formula is C31H35ClN6O2. The highest BCUT2D eigenvalue weighted by molar-refractivity contribution is 6.30. The average molecular weight is 559 g/mol. The van der Waals surface area contributed by atoms with Crippen LogP contribution in [0.3, 0.4) is 0 Å². The van der Waals surface area contributed by atoms with Gasteiger partial charge in [-0.2, -0.15) is 0 Å². The van der Waals surface area contributed by atoms with Crippen molar-refractivity contribution in [2.24, 2.45) is 10.9 Å². The minimum absolute atomic E-state index is 0.00165. The number of hydrazine groups is 1. The van der Waals surface area contributed by atoms with Gasteiger partial charge in [-0.1, -0.05) is 41.9 Å². The van der Waals surface area contributed by atoms with Gasteiger partial charge in [0.1, 0.15) is 11.9 Å². The zero-order valence-corrected chi connectivity index (χ0v) is 23.5. The number of aliphatic imine (C=N–C) groups is 1. The van der Waals surface area contributed by atoms with Gasteiger partial charge in [-0.3, -0.25) is 9.79 Å². The SMILES string of the molecule is COc1ccc2c(c1)C(c1ccc(Cl)cc1)=NC(CC(=O)NCCC1CNc3ccccc3C1)C1NNC(C)N21. The number of fused-ring (bicyclic) bond motifs is 4. The maximum atomic E-state index is 13.3. The summed E-state index contributed by atoms with van der Waals surface area (Å²) < 4.78 is 5.57. The lowest BCUT2D eigenvalue weighted by molar-refractivity contribution is -0.121. The zero-order valence-electron chi connectivity index (χ0n) is 22.8. The average Bonchev–Trinajstić information content (AvgIpc) is 3.30. The molecule has 3 heterocycles. The van der Waals surface area contributed by atoms with Crippen molar-refractivity contribution in [3.63, 3.8) is 0 Å². The predicted molar refractivity (Wildman–Crippen MR) is 160 cm³/mol. The zero-order chi connectivity index (χ0) is 27.6. The molecule has 4 N–H and O–H groups in total. The Morgan fingerprint density at radius 1 is 1.12 bits per heavy atom. The van der Waals surface area contributed by atoms with Gasteiger partial charge >= 0.3 is 0 Å². The van der Waals surface area contributed by atoms with Gasteiger partial charge in [0.25, 0.3) is 0 Å². The minimum atomic E-state index is -0.329. The molecule has 0 aromatic heterocycles. The highest BCUT2D eigenvalue weighted by Gasteiger charge is 2.40. The third-order valence-electron chi connectivity index (χ3n) is 8.05. The highest BCUT2D eigenvalue weighted by Crippen LogP contribution is 2.36. The van der Waals surface area contributed by atoms with Crippen LogP contribution in [0, 0.1) is 5.92 Å². The maximum Gasteiger partial charge on any atom is 0.222 e. The van der Waals surface area contributed by atoms with Crippen molar-refractivity contribution in [1.29, 1.82) is 0 Å². The van der Waals surface area contributed by atoms with E-state index in [-0.39, 0.29) is 30.7 Å². The topological polar surface area (TPSA) is 90.0 Å². The van der Waals surface area contributed by atoms with Crippen LogP contribution in [0.4, 0.5) is 11.4 Å². The number of carbonyl (C=O) groups is 1. The number of nitrogens with one attached hydrogen (secondary N) is 4. The Labute approximate surface area is 240 Å². The largest absolute Gasteiger partial charge is 0.497 e. The van der Waals surface area contributed by atoms with Crippen LogP contribution in [0.2, 0.25) is 5.02 Å². The van der Waals surface area contributed by atoms with Crippen molar-refractivity contribution >= 4 is 34.6 Å². The standard InChI is InChI=1S/C31H35ClN6O2/c1-19-36-37-31-27(17-29(39)33-14-13-20-15-22-5-3-4-6-26(22)34-18-20)35-30(21-7-9-23(32)10-8-21)25-16-24(40-2)11-12-28(25)38(19)31/h3-12,16,19-20,27,31,34,36-37H,13-15,17-18H2,1-2H3,(H,33,39). The molecule has 3 aliphatic rings. The van der Waals surface area contributed by atoms with Crippen LogP contribution >= 0.6 is 11.6 Å². The van der Waals surface area contributed by atoms with Crippen LogP contribution in [0.25, 0.3) is 0 Å². The number of hydrogen-bond donors (Lipinski definition) is 4. The van der Waals surface area contributed by atoms with E-state index >= 15 is 0 Å². The number of benzene rings is 3. The second-order valence-electron chi connectivity index (χ2n) is 10.7. The molecule has 3 aliphatic heterocycles. The van der Waals surface area contributed by atoms with Gasteiger partial charge < -0.3 is 20.3 Å². The fourth-order valence-corrected chi connectivity index (χ4v) is 6.10. The van der Waals surface area contributed by atoms with Crippen LogP contribution in [0.1, 0.15) is 36.5 Å². The summed E-state index contributed by atoms with van der Waals surface area (Å²) in [5.41, 5.74) is 13.0. The predicted octanol–water partition coefficient (Wildman–Crippen LogP) is 4.34. The molecule has 40 heavy (non-hydrogen) atoms. The Morgan fingerprint density at radius 2 is 1.95 bits per heavy atom. The number of rotatable bonds is 7. The smallest absolute Gasteiger partial charge is 0.222 e. The number of hydrogen-bond acceptors (Lipinski definition) is 7. The number of amides is 1. The molecular weight excluding hydrogens is 524 g/mol. The minimum Gasteiger partial charge on any atom is -0.497 e.